The van der Waals surface area contributed by atoms with Crippen molar-refractivity contribution in [3.63, 3.8) is 0 Å². The second-order valence-electron chi connectivity index (χ2n) is 6.42. The minimum Gasteiger partial charge on any atom is -0.354 e. The van der Waals surface area contributed by atoms with Gasteiger partial charge in [-0.1, -0.05) is 25.4 Å². The topological polar surface area (TPSA) is 58.4 Å². The molecule has 0 aliphatic carbocycles. The molecule has 1 aromatic carbocycles. The van der Waals surface area contributed by atoms with Gasteiger partial charge in [0.15, 0.2) is 0 Å². The van der Waals surface area contributed by atoms with Crippen LogP contribution in [0.5, 0.6) is 0 Å². The van der Waals surface area contributed by atoms with Crippen LogP contribution >= 0.6 is 11.6 Å². The Morgan fingerprint density at radius 1 is 1.57 bits per heavy atom. The van der Waals surface area contributed by atoms with Crippen molar-refractivity contribution in [2.75, 3.05) is 4.90 Å². The zero-order valence-corrected chi connectivity index (χ0v) is 13.9. The summed E-state index contributed by atoms with van der Waals surface area (Å²) in [5.74, 6) is 5.62. The van der Waals surface area contributed by atoms with Gasteiger partial charge >= 0.3 is 0 Å². The van der Waals surface area contributed by atoms with Crippen LogP contribution in [0.2, 0.25) is 5.02 Å². The van der Waals surface area contributed by atoms with E-state index in [4.69, 9.17) is 17.4 Å². The maximum atomic E-state index is 12.2. The number of carbonyl (C=O) groups is 1. The minimum atomic E-state index is -0.280. The van der Waals surface area contributed by atoms with Gasteiger partial charge in [-0.05, 0) is 56.4 Å². The Morgan fingerprint density at radius 2 is 2.24 bits per heavy atom. The molecule has 1 aliphatic rings. The second-order valence-corrected chi connectivity index (χ2v) is 6.86. The highest BCUT2D eigenvalue weighted by molar-refractivity contribution is 6.30. The van der Waals surface area contributed by atoms with Gasteiger partial charge in [-0.3, -0.25) is 10.2 Å². The molecule has 0 fully saturated rings. The van der Waals surface area contributed by atoms with Crippen molar-refractivity contribution in [2.45, 2.75) is 58.0 Å². The minimum absolute atomic E-state index is 0.118. The van der Waals surface area contributed by atoms with E-state index in [9.17, 15) is 4.79 Å². The van der Waals surface area contributed by atoms with Crippen LogP contribution in [0.4, 0.5) is 5.69 Å². The Kier molecular flexibility index (Phi) is 4.49. The smallest absolute Gasteiger partial charge is 0.256 e. The molecule has 0 saturated heterocycles. The number of hydrogen-bond donors (Lipinski definition) is 2. The van der Waals surface area contributed by atoms with Crippen molar-refractivity contribution in [1.29, 1.82) is 0 Å². The average Bonchev–Trinajstić information content (AvgIpc) is 2.42. The molecule has 1 aliphatic heterocycles. The zero-order valence-electron chi connectivity index (χ0n) is 13.1. The number of anilines is 1. The van der Waals surface area contributed by atoms with E-state index in [1.54, 1.807) is 0 Å². The largest absolute Gasteiger partial charge is 0.354 e. The monoisotopic (exact) mass is 309 g/mol. The predicted molar refractivity (Wildman–Crippen MR) is 87.5 cm³/mol. The maximum absolute atomic E-state index is 12.2. The summed E-state index contributed by atoms with van der Waals surface area (Å²) in [6.45, 7) is 8.56. The first-order valence-corrected chi connectivity index (χ1v) is 7.79. The molecule has 0 saturated carbocycles. The summed E-state index contributed by atoms with van der Waals surface area (Å²) in [4.78, 5) is 14.4. The number of hydrazine groups is 1. The Hall–Kier alpha value is -1.26. The van der Waals surface area contributed by atoms with Gasteiger partial charge in [-0.15, -0.1) is 0 Å². The zero-order chi connectivity index (χ0) is 15.8. The number of nitrogens with zero attached hydrogens (tertiary/aromatic N) is 1. The Bertz CT molecular complexity index is 544. The molecule has 4 nitrogen and oxygen atoms in total. The van der Waals surface area contributed by atoms with Gasteiger partial charge in [0.2, 0.25) is 0 Å². The van der Waals surface area contributed by atoms with Crippen LogP contribution in [0.1, 0.15) is 52.0 Å². The van der Waals surface area contributed by atoms with Crippen molar-refractivity contribution >= 4 is 23.2 Å². The van der Waals surface area contributed by atoms with Crippen molar-refractivity contribution in [1.82, 2.24) is 5.43 Å². The van der Waals surface area contributed by atoms with E-state index < -0.39 is 0 Å². The summed E-state index contributed by atoms with van der Waals surface area (Å²) in [5.41, 5.74) is 4.46. The molecule has 5 heteroatoms. The number of halogens is 1. The molecule has 1 heterocycles. The van der Waals surface area contributed by atoms with E-state index in [1.165, 1.54) is 5.56 Å². The lowest BCUT2D eigenvalue weighted by Crippen LogP contribution is -2.59. The molecule has 2 atom stereocenters. The molecule has 1 amide bonds. The first-order valence-electron chi connectivity index (χ1n) is 7.41. The number of rotatable bonds is 3. The van der Waals surface area contributed by atoms with Crippen LogP contribution in [0.15, 0.2) is 18.2 Å². The first kappa shape index (κ1) is 16.1. The van der Waals surface area contributed by atoms with E-state index in [0.717, 1.165) is 17.1 Å². The van der Waals surface area contributed by atoms with E-state index in [-0.39, 0.29) is 17.5 Å². The third-order valence-electron chi connectivity index (χ3n) is 4.38. The summed E-state index contributed by atoms with van der Waals surface area (Å²) < 4.78 is 0. The average molecular weight is 310 g/mol. The summed E-state index contributed by atoms with van der Waals surface area (Å²) in [7, 11) is 0. The standard InChI is InChI=1S/C16H24ClN3O/c1-5-13(15(21)19-18)20-14-7-6-11(17)8-12(14)10(2)9-16(20,3)4/h6-8,10,13H,5,9,18H2,1-4H3,(H,19,21)/t10-,13+/m0/s1. The van der Waals surface area contributed by atoms with Crippen LogP contribution in [0, 0.1) is 0 Å². The van der Waals surface area contributed by atoms with Crippen molar-refractivity contribution in [3.05, 3.63) is 28.8 Å². The third kappa shape index (κ3) is 2.87. The van der Waals surface area contributed by atoms with Crippen molar-refractivity contribution in [2.24, 2.45) is 5.84 Å². The van der Waals surface area contributed by atoms with E-state index in [0.29, 0.717) is 12.3 Å². The summed E-state index contributed by atoms with van der Waals surface area (Å²) in [5, 5.41) is 0.733. The SMILES string of the molecule is CC[C@H](C(=O)NN)N1c2ccc(Cl)cc2[C@@H](C)CC1(C)C. The lowest BCUT2D eigenvalue weighted by Gasteiger charge is -2.50. The predicted octanol–water partition coefficient (Wildman–Crippen LogP) is 3.20. The fraction of sp³-hybridized carbons (Fsp3) is 0.562. The van der Waals surface area contributed by atoms with Crippen molar-refractivity contribution in [3.8, 4) is 0 Å². The second kappa shape index (κ2) is 5.85. The van der Waals surface area contributed by atoms with Gasteiger partial charge in [0.25, 0.3) is 5.91 Å². The van der Waals surface area contributed by atoms with Crippen LogP contribution in [-0.4, -0.2) is 17.5 Å². The van der Waals surface area contributed by atoms with Gasteiger partial charge in [-0.2, -0.15) is 0 Å². The third-order valence-corrected chi connectivity index (χ3v) is 4.62. The molecule has 0 aromatic heterocycles. The number of nitrogens with one attached hydrogen (secondary N) is 1. The molecular formula is C16H24ClN3O. The van der Waals surface area contributed by atoms with Gasteiger partial charge in [0, 0.05) is 16.2 Å². The molecule has 0 spiro atoms. The van der Waals surface area contributed by atoms with E-state index >= 15 is 0 Å². The van der Waals surface area contributed by atoms with Crippen LogP contribution in [0.3, 0.4) is 0 Å². The highest BCUT2D eigenvalue weighted by atomic mass is 35.5. The van der Waals surface area contributed by atoms with Crippen LogP contribution in [0.25, 0.3) is 0 Å². The molecule has 21 heavy (non-hydrogen) atoms. The molecule has 3 N–H and O–H groups in total. The number of nitrogens with two attached hydrogens (primary N) is 1. The lowest BCUT2D eigenvalue weighted by molar-refractivity contribution is -0.122. The number of benzene rings is 1. The number of amides is 1. The molecular weight excluding hydrogens is 286 g/mol. The van der Waals surface area contributed by atoms with Gasteiger partial charge < -0.3 is 4.90 Å². The Balaban J connectivity index is 2.57. The lowest BCUT2D eigenvalue weighted by atomic mass is 9.79. The van der Waals surface area contributed by atoms with E-state index in [2.05, 4.69) is 31.1 Å². The maximum Gasteiger partial charge on any atom is 0.256 e. The molecule has 2 rings (SSSR count). The molecule has 0 unspecified atom stereocenters. The highest BCUT2D eigenvalue weighted by Gasteiger charge is 2.41. The summed E-state index contributed by atoms with van der Waals surface area (Å²) in [6.07, 6.45) is 1.66. The van der Waals surface area contributed by atoms with Gasteiger partial charge in [-0.25, -0.2) is 5.84 Å². The van der Waals surface area contributed by atoms with Crippen molar-refractivity contribution < 1.29 is 4.79 Å². The molecule has 116 valence electrons. The molecule has 0 radical (unpaired) electrons. The Morgan fingerprint density at radius 3 is 2.81 bits per heavy atom. The van der Waals surface area contributed by atoms with Crippen LogP contribution < -0.4 is 16.2 Å². The van der Waals surface area contributed by atoms with Crippen LogP contribution in [-0.2, 0) is 4.79 Å². The van der Waals surface area contributed by atoms with E-state index in [1.807, 2.05) is 25.1 Å². The summed E-state index contributed by atoms with van der Waals surface area (Å²) in [6, 6.07) is 5.63. The fourth-order valence-electron chi connectivity index (χ4n) is 3.59. The van der Waals surface area contributed by atoms with Gasteiger partial charge in [0.05, 0.1) is 0 Å². The number of hydrogen-bond acceptors (Lipinski definition) is 3. The quantitative estimate of drug-likeness (QED) is 0.512. The number of carbonyl (C=O) groups excluding carboxylic acids is 1. The first-order chi connectivity index (χ1) is 9.81. The Labute approximate surface area is 131 Å². The summed E-state index contributed by atoms with van der Waals surface area (Å²) >= 11 is 6.15. The van der Waals surface area contributed by atoms with Gasteiger partial charge in [0.1, 0.15) is 6.04 Å². The normalized spacial score (nSPS) is 21.6. The fourth-order valence-corrected chi connectivity index (χ4v) is 3.77. The molecule has 1 aromatic rings. The molecule has 0 bridgehead atoms. The number of fused-ring (bicyclic) bond motifs is 1. The highest BCUT2D eigenvalue weighted by Crippen LogP contribution is 2.45.